The highest BCUT2D eigenvalue weighted by Gasteiger charge is 2.44. The van der Waals surface area contributed by atoms with Gasteiger partial charge in [-0.1, -0.05) is 179 Å². The molecule has 9 heteroatoms. The molecule has 7 atom stereocenters. The summed E-state index contributed by atoms with van der Waals surface area (Å²) in [7, 11) is 0. The Bertz CT molecular complexity index is 987. The summed E-state index contributed by atoms with van der Waals surface area (Å²) in [5.41, 5.74) is 0. The van der Waals surface area contributed by atoms with Crippen LogP contribution in [0.15, 0.2) is 36.5 Å². The lowest BCUT2D eigenvalue weighted by Gasteiger charge is -2.40. The van der Waals surface area contributed by atoms with Gasteiger partial charge in [0.1, 0.15) is 24.4 Å². The Balaban J connectivity index is 2.34. The van der Waals surface area contributed by atoms with Crippen LogP contribution in [0.1, 0.15) is 206 Å². The molecule has 0 aromatic carbocycles. The van der Waals surface area contributed by atoms with Gasteiger partial charge in [0.2, 0.25) is 5.91 Å². The number of amides is 1. The Kier molecular flexibility index (Phi) is 36.2. The summed E-state index contributed by atoms with van der Waals surface area (Å²) in [4.78, 5) is 12.9. The van der Waals surface area contributed by atoms with Crippen LogP contribution in [0.25, 0.3) is 0 Å². The summed E-state index contributed by atoms with van der Waals surface area (Å²) in [5, 5.41) is 54.1. The van der Waals surface area contributed by atoms with Crippen LogP contribution < -0.4 is 5.32 Å². The molecule has 0 aliphatic carbocycles. The van der Waals surface area contributed by atoms with Crippen molar-refractivity contribution >= 4 is 5.91 Å². The maximum absolute atomic E-state index is 12.9. The van der Waals surface area contributed by atoms with Gasteiger partial charge in [0, 0.05) is 6.42 Å². The Labute approximate surface area is 349 Å². The van der Waals surface area contributed by atoms with Crippen LogP contribution in [0.4, 0.5) is 0 Å². The molecule has 1 rings (SSSR count). The van der Waals surface area contributed by atoms with E-state index in [9.17, 15) is 30.3 Å². The van der Waals surface area contributed by atoms with Crippen molar-refractivity contribution in [2.24, 2.45) is 0 Å². The van der Waals surface area contributed by atoms with Crippen molar-refractivity contribution in [2.75, 3.05) is 13.2 Å². The molecule has 1 fully saturated rings. The molecule has 0 radical (unpaired) electrons. The number of hydrogen-bond donors (Lipinski definition) is 6. The van der Waals surface area contributed by atoms with E-state index in [1.54, 1.807) is 6.08 Å². The molecule has 0 aromatic heterocycles. The van der Waals surface area contributed by atoms with Gasteiger partial charge in [-0.3, -0.25) is 4.79 Å². The summed E-state index contributed by atoms with van der Waals surface area (Å²) < 4.78 is 11.2. The first kappa shape index (κ1) is 53.4. The Morgan fingerprint density at radius 3 is 1.51 bits per heavy atom. The van der Waals surface area contributed by atoms with Gasteiger partial charge < -0.3 is 40.3 Å². The lowest BCUT2D eigenvalue weighted by atomic mass is 9.99. The van der Waals surface area contributed by atoms with Crippen molar-refractivity contribution < 1.29 is 39.8 Å². The van der Waals surface area contributed by atoms with Crippen molar-refractivity contribution in [1.29, 1.82) is 0 Å². The topological polar surface area (TPSA) is 149 Å². The molecular weight excluding hydrogens is 719 g/mol. The van der Waals surface area contributed by atoms with Crippen LogP contribution in [0.3, 0.4) is 0 Å². The molecule has 0 saturated carbocycles. The fraction of sp³-hybridized carbons (Fsp3) is 0.854. The number of ether oxygens (including phenoxy) is 2. The second-order valence-corrected chi connectivity index (χ2v) is 16.5. The number of carbonyl (C=O) groups excluding carboxylic acids is 1. The van der Waals surface area contributed by atoms with E-state index in [4.69, 9.17) is 9.47 Å². The number of rotatable bonds is 39. The van der Waals surface area contributed by atoms with Crippen molar-refractivity contribution in [3.8, 4) is 0 Å². The molecule has 6 N–H and O–H groups in total. The lowest BCUT2D eigenvalue weighted by Crippen LogP contribution is -2.60. The minimum absolute atomic E-state index is 0.197. The standard InChI is InChI=1S/C48H89NO8/c1-3-5-7-9-11-13-15-17-18-19-20-21-22-23-24-25-26-27-29-31-33-35-37-42(51)41(40-56-48-47(55)46(54)45(53)43(39-50)57-48)49-44(52)38-36-34-32-30-28-16-14-12-10-8-6-4-2/h12,14,27,29,35,37,41-43,45-48,50-51,53-55H,3-11,13,15-26,28,30-34,36,38-40H2,1-2H3,(H,49,52)/b14-12-,29-27+,37-35+. The molecule has 1 aliphatic rings. The highest BCUT2D eigenvalue weighted by molar-refractivity contribution is 5.76. The van der Waals surface area contributed by atoms with Crippen molar-refractivity contribution in [3.05, 3.63) is 36.5 Å². The van der Waals surface area contributed by atoms with Gasteiger partial charge in [-0.05, 0) is 57.8 Å². The quantitative estimate of drug-likeness (QED) is 0.0266. The summed E-state index contributed by atoms with van der Waals surface area (Å²) in [5.74, 6) is -0.197. The highest BCUT2D eigenvalue weighted by atomic mass is 16.7. The third-order valence-electron chi connectivity index (χ3n) is 11.2. The summed E-state index contributed by atoms with van der Waals surface area (Å²) >= 11 is 0. The first-order valence-electron chi connectivity index (χ1n) is 23.7. The smallest absolute Gasteiger partial charge is 0.220 e. The fourth-order valence-electron chi connectivity index (χ4n) is 7.34. The Morgan fingerprint density at radius 1 is 0.579 bits per heavy atom. The van der Waals surface area contributed by atoms with Crippen LogP contribution in [0.5, 0.6) is 0 Å². The minimum Gasteiger partial charge on any atom is -0.394 e. The number of aliphatic hydroxyl groups excluding tert-OH is 5. The third kappa shape index (κ3) is 29.3. The minimum atomic E-state index is -1.57. The number of carbonyl (C=O) groups is 1. The van der Waals surface area contributed by atoms with E-state index in [0.717, 1.165) is 57.8 Å². The molecule has 1 aliphatic heterocycles. The van der Waals surface area contributed by atoms with Gasteiger partial charge in [-0.25, -0.2) is 0 Å². The lowest BCUT2D eigenvalue weighted by molar-refractivity contribution is -0.302. The number of aliphatic hydroxyl groups is 5. The maximum Gasteiger partial charge on any atom is 0.220 e. The van der Waals surface area contributed by atoms with Gasteiger partial charge in [0.05, 0.1) is 25.4 Å². The summed E-state index contributed by atoms with van der Waals surface area (Å²) in [6.45, 7) is 3.73. The zero-order chi connectivity index (χ0) is 41.6. The molecule has 1 heterocycles. The first-order chi connectivity index (χ1) is 27.8. The normalized spacial score (nSPS) is 21.3. The number of allylic oxidation sites excluding steroid dienone is 5. The van der Waals surface area contributed by atoms with E-state index in [2.05, 4.69) is 43.5 Å². The fourth-order valence-corrected chi connectivity index (χ4v) is 7.34. The predicted molar refractivity (Wildman–Crippen MR) is 235 cm³/mol. The molecule has 7 unspecified atom stereocenters. The predicted octanol–water partition coefficient (Wildman–Crippen LogP) is 10.1. The Morgan fingerprint density at radius 2 is 1.00 bits per heavy atom. The molecule has 1 saturated heterocycles. The van der Waals surface area contributed by atoms with Gasteiger partial charge in [-0.2, -0.15) is 0 Å². The zero-order valence-corrected chi connectivity index (χ0v) is 36.6. The molecule has 0 aromatic rings. The second kappa shape index (κ2) is 38.6. The molecule has 334 valence electrons. The van der Waals surface area contributed by atoms with E-state index < -0.39 is 49.5 Å². The average Bonchev–Trinajstić information content (AvgIpc) is 3.21. The third-order valence-corrected chi connectivity index (χ3v) is 11.2. The zero-order valence-electron chi connectivity index (χ0n) is 36.6. The highest BCUT2D eigenvalue weighted by Crippen LogP contribution is 2.22. The van der Waals surface area contributed by atoms with Gasteiger partial charge in [0.25, 0.3) is 0 Å². The van der Waals surface area contributed by atoms with Gasteiger partial charge in [-0.15, -0.1) is 0 Å². The molecular formula is C48H89NO8. The van der Waals surface area contributed by atoms with Crippen LogP contribution >= 0.6 is 0 Å². The van der Waals surface area contributed by atoms with E-state index in [1.807, 2.05) is 6.08 Å². The number of hydrogen-bond acceptors (Lipinski definition) is 8. The van der Waals surface area contributed by atoms with Crippen LogP contribution in [-0.2, 0) is 14.3 Å². The molecule has 0 spiro atoms. The van der Waals surface area contributed by atoms with Crippen LogP contribution in [0.2, 0.25) is 0 Å². The number of unbranched alkanes of at least 4 members (excludes halogenated alkanes) is 25. The van der Waals surface area contributed by atoms with Crippen molar-refractivity contribution in [2.45, 2.75) is 249 Å². The van der Waals surface area contributed by atoms with Crippen LogP contribution in [-0.4, -0.2) is 87.5 Å². The van der Waals surface area contributed by atoms with E-state index in [-0.39, 0.29) is 12.5 Å². The van der Waals surface area contributed by atoms with Crippen molar-refractivity contribution in [1.82, 2.24) is 5.32 Å². The summed E-state index contributed by atoms with van der Waals surface area (Å²) in [6, 6.07) is -0.823. The SMILES string of the molecule is CCCCC/C=C\CCCCCCCC(=O)NC(COC1OC(CO)C(O)C(O)C1O)C(O)/C=C/CC/C=C/CCCCCCCCCCCCCCCCCC. The molecule has 0 bridgehead atoms. The van der Waals surface area contributed by atoms with E-state index in [0.29, 0.717) is 6.42 Å². The number of nitrogens with one attached hydrogen (secondary N) is 1. The monoisotopic (exact) mass is 808 g/mol. The first-order valence-corrected chi connectivity index (χ1v) is 23.7. The molecule has 9 nitrogen and oxygen atoms in total. The average molecular weight is 808 g/mol. The van der Waals surface area contributed by atoms with Gasteiger partial charge in [0.15, 0.2) is 6.29 Å². The van der Waals surface area contributed by atoms with Crippen LogP contribution in [0, 0.1) is 0 Å². The molecule has 57 heavy (non-hydrogen) atoms. The summed E-state index contributed by atoms with van der Waals surface area (Å²) in [6.07, 6.45) is 40.6. The van der Waals surface area contributed by atoms with Crippen molar-refractivity contribution in [3.63, 3.8) is 0 Å². The Hall–Kier alpha value is -1.59. The largest absolute Gasteiger partial charge is 0.394 e. The maximum atomic E-state index is 12.9. The molecule has 1 amide bonds. The second-order valence-electron chi connectivity index (χ2n) is 16.5. The van der Waals surface area contributed by atoms with Gasteiger partial charge >= 0.3 is 0 Å². The van der Waals surface area contributed by atoms with E-state index >= 15 is 0 Å². The van der Waals surface area contributed by atoms with E-state index in [1.165, 1.54) is 128 Å².